The predicted molar refractivity (Wildman–Crippen MR) is 102 cm³/mol. The van der Waals surface area contributed by atoms with Gasteiger partial charge in [0, 0.05) is 5.56 Å². The second kappa shape index (κ2) is 10.2. The fourth-order valence-corrected chi connectivity index (χ4v) is 3.46. The Bertz CT molecular complexity index is 606. The van der Waals surface area contributed by atoms with Crippen LogP contribution < -0.4 is 9.64 Å². The van der Waals surface area contributed by atoms with Gasteiger partial charge < -0.3 is 14.4 Å². The van der Waals surface area contributed by atoms with Gasteiger partial charge in [0.2, 0.25) is 0 Å². The number of quaternary nitrogens is 1. The first-order chi connectivity index (χ1) is 12.4. The molecule has 3 nitrogen and oxygen atoms in total. The standard InChI is InChI=1S/C22H29NO2/c1-2-9-15-23(14-8-1)16-17-24-18-19-25-22-13-7-6-12-21(22)20-10-4-3-5-11-20/h3-7,10-13H,1-2,8-9,14-19H2/p+1. The maximum atomic E-state index is 5.97. The SMILES string of the molecule is c1ccc(-c2ccccc2OCCOCC[NH+]2CCCCCC2)cc1. The predicted octanol–water partition coefficient (Wildman–Crippen LogP) is 3.21. The van der Waals surface area contributed by atoms with Gasteiger partial charge in [0.1, 0.15) is 18.9 Å². The Kier molecular flexibility index (Phi) is 7.34. The summed E-state index contributed by atoms with van der Waals surface area (Å²) < 4.78 is 11.8. The molecular weight excluding hydrogens is 310 g/mol. The van der Waals surface area contributed by atoms with Crippen LogP contribution >= 0.6 is 0 Å². The summed E-state index contributed by atoms with van der Waals surface area (Å²) in [4.78, 5) is 1.70. The zero-order valence-electron chi connectivity index (χ0n) is 15.1. The summed E-state index contributed by atoms with van der Waals surface area (Å²) in [5, 5.41) is 0. The molecule has 2 aromatic carbocycles. The summed E-state index contributed by atoms with van der Waals surface area (Å²) in [7, 11) is 0. The molecule has 3 rings (SSSR count). The van der Waals surface area contributed by atoms with Gasteiger partial charge in [-0.25, -0.2) is 0 Å². The third-order valence-electron chi connectivity index (χ3n) is 4.87. The van der Waals surface area contributed by atoms with Crippen molar-refractivity contribution in [3.63, 3.8) is 0 Å². The average molecular weight is 340 g/mol. The molecule has 134 valence electrons. The van der Waals surface area contributed by atoms with Gasteiger partial charge in [-0.2, -0.15) is 0 Å². The summed E-state index contributed by atoms with van der Waals surface area (Å²) >= 11 is 0. The van der Waals surface area contributed by atoms with Crippen molar-refractivity contribution in [1.82, 2.24) is 0 Å². The van der Waals surface area contributed by atoms with Crippen molar-refractivity contribution in [3.05, 3.63) is 54.6 Å². The summed E-state index contributed by atoms with van der Waals surface area (Å²) in [6.07, 6.45) is 5.54. The summed E-state index contributed by atoms with van der Waals surface area (Å²) in [5.41, 5.74) is 2.32. The number of rotatable bonds is 8. The molecule has 1 N–H and O–H groups in total. The van der Waals surface area contributed by atoms with Gasteiger partial charge in [-0.05, 0) is 37.3 Å². The van der Waals surface area contributed by atoms with E-state index in [1.165, 1.54) is 44.3 Å². The fourth-order valence-electron chi connectivity index (χ4n) is 3.46. The van der Waals surface area contributed by atoms with Crippen LogP contribution in [0.2, 0.25) is 0 Å². The quantitative estimate of drug-likeness (QED) is 0.746. The minimum atomic E-state index is 0.596. The molecule has 0 atom stereocenters. The van der Waals surface area contributed by atoms with Crippen molar-refractivity contribution in [1.29, 1.82) is 0 Å². The zero-order valence-corrected chi connectivity index (χ0v) is 15.1. The van der Waals surface area contributed by atoms with E-state index in [1.54, 1.807) is 4.90 Å². The van der Waals surface area contributed by atoms with Gasteiger partial charge in [0.05, 0.1) is 26.3 Å². The van der Waals surface area contributed by atoms with Crippen LogP contribution in [0.4, 0.5) is 0 Å². The lowest BCUT2D eigenvalue weighted by Gasteiger charge is -2.17. The lowest BCUT2D eigenvalue weighted by atomic mass is 10.1. The smallest absolute Gasteiger partial charge is 0.127 e. The van der Waals surface area contributed by atoms with E-state index in [0.29, 0.717) is 13.2 Å². The number of hydrogen-bond acceptors (Lipinski definition) is 2. The highest BCUT2D eigenvalue weighted by molar-refractivity contribution is 5.70. The molecule has 2 aromatic rings. The number of likely N-dealkylation sites (tertiary alicyclic amines) is 1. The van der Waals surface area contributed by atoms with Crippen molar-refractivity contribution in [2.75, 3.05) is 39.5 Å². The van der Waals surface area contributed by atoms with Crippen LogP contribution in [0.1, 0.15) is 25.7 Å². The van der Waals surface area contributed by atoms with Crippen LogP contribution in [0.3, 0.4) is 0 Å². The number of nitrogens with one attached hydrogen (secondary N) is 1. The normalized spacial score (nSPS) is 15.7. The fraction of sp³-hybridized carbons (Fsp3) is 0.455. The monoisotopic (exact) mass is 340 g/mol. The molecule has 25 heavy (non-hydrogen) atoms. The second-order valence-electron chi connectivity index (χ2n) is 6.74. The zero-order chi connectivity index (χ0) is 17.2. The van der Waals surface area contributed by atoms with Gasteiger partial charge in [-0.1, -0.05) is 48.5 Å². The van der Waals surface area contributed by atoms with E-state index in [0.717, 1.165) is 24.5 Å². The maximum Gasteiger partial charge on any atom is 0.127 e. The average Bonchev–Trinajstić information content (AvgIpc) is 2.94. The third kappa shape index (κ3) is 5.87. The lowest BCUT2D eigenvalue weighted by Crippen LogP contribution is -3.12. The van der Waals surface area contributed by atoms with E-state index in [-0.39, 0.29) is 0 Å². The number of benzene rings is 2. The van der Waals surface area contributed by atoms with E-state index in [1.807, 2.05) is 18.2 Å². The van der Waals surface area contributed by atoms with Crippen molar-refractivity contribution < 1.29 is 14.4 Å². The molecule has 3 heteroatoms. The first-order valence-corrected chi connectivity index (χ1v) is 9.62. The minimum Gasteiger partial charge on any atom is -0.491 e. The Hall–Kier alpha value is -1.84. The van der Waals surface area contributed by atoms with Gasteiger partial charge in [-0.3, -0.25) is 0 Å². The first kappa shape index (κ1) is 18.0. The van der Waals surface area contributed by atoms with Crippen molar-refractivity contribution >= 4 is 0 Å². The van der Waals surface area contributed by atoms with Crippen LogP contribution in [-0.2, 0) is 4.74 Å². The highest BCUT2D eigenvalue weighted by Gasteiger charge is 2.11. The molecule has 1 saturated heterocycles. The molecule has 0 bridgehead atoms. The van der Waals surface area contributed by atoms with Gasteiger partial charge in [0.25, 0.3) is 0 Å². The Morgan fingerprint density at radius 1 is 0.720 bits per heavy atom. The van der Waals surface area contributed by atoms with E-state index >= 15 is 0 Å². The maximum absolute atomic E-state index is 5.97. The minimum absolute atomic E-state index is 0.596. The van der Waals surface area contributed by atoms with E-state index in [4.69, 9.17) is 9.47 Å². The number of para-hydroxylation sites is 1. The Morgan fingerprint density at radius 3 is 2.24 bits per heavy atom. The van der Waals surface area contributed by atoms with Crippen LogP contribution in [0, 0.1) is 0 Å². The molecule has 0 radical (unpaired) electrons. The Balaban J connectivity index is 1.39. The molecule has 0 aromatic heterocycles. The van der Waals surface area contributed by atoms with Gasteiger partial charge in [0.15, 0.2) is 0 Å². The molecule has 1 aliphatic heterocycles. The molecule has 0 saturated carbocycles. The third-order valence-corrected chi connectivity index (χ3v) is 4.87. The van der Waals surface area contributed by atoms with Crippen LogP contribution in [0.25, 0.3) is 11.1 Å². The molecule has 1 heterocycles. The molecule has 0 aliphatic carbocycles. The van der Waals surface area contributed by atoms with Crippen LogP contribution in [-0.4, -0.2) is 39.5 Å². The summed E-state index contributed by atoms with van der Waals surface area (Å²) in [6, 6.07) is 18.6. The van der Waals surface area contributed by atoms with E-state index < -0.39 is 0 Å². The molecule has 1 fully saturated rings. The van der Waals surface area contributed by atoms with E-state index in [9.17, 15) is 0 Å². The first-order valence-electron chi connectivity index (χ1n) is 9.62. The largest absolute Gasteiger partial charge is 0.491 e. The van der Waals surface area contributed by atoms with E-state index in [2.05, 4.69) is 36.4 Å². The summed E-state index contributed by atoms with van der Waals surface area (Å²) in [5.74, 6) is 0.926. The molecule has 0 amide bonds. The lowest BCUT2D eigenvalue weighted by molar-refractivity contribution is -0.899. The van der Waals surface area contributed by atoms with Crippen molar-refractivity contribution in [2.24, 2.45) is 0 Å². The molecule has 0 unspecified atom stereocenters. The van der Waals surface area contributed by atoms with Crippen LogP contribution in [0.5, 0.6) is 5.75 Å². The highest BCUT2D eigenvalue weighted by Crippen LogP contribution is 2.29. The second-order valence-corrected chi connectivity index (χ2v) is 6.74. The number of hydrogen-bond donors (Lipinski definition) is 1. The van der Waals surface area contributed by atoms with Crippen molar-refractivity contribution in [3.8, 4) is 16.9 Å². The van der Waals surface area contributed by atoms with Crippen LogP contribution in [0.15, 0.2) is 54.6 Å². The highest BCUT2D eigenvalue weighted by atomic mass is 16.5. The van der Waals surface area contributed by atoms with Crippen molar-refractivity contribution in [2.45, 2.75) is 25.7 Å². The topological polar surface area (TPSA) is 22.9 Å². The summed E-state index contributed by atoms with van der Waals surface area (Å²) in [6.45, 7) is 5.82. The van der Waals surface area contributed by atoms with Gasteiger partial charge >= 0.3 is 0 Å². The Labute approximate surface area is 151 Å². The van der Waals surface area contributed by atoms with Gasteiger partial charge in [-0.15, -0.1) is 0 Å². The number of ether oxygens (including phenoxy) is 2. The molecular formula is C22H30NO2+. The molecule has 0 spiro atoms. The molecule has 1 aliphatic rings. The Morgan fingerprint density at radius 2 is 1.44 bits per heavy atom.